The maximum atomic E-state index is 13.0. The van der Waals surface area contributed by atoms with Gasteiger partial charge < -0.3 is 0 Å². The van der Waals surface area contributed by atoms with Crippen molar-refractivity contribution in [2.24, 2.45) is 0 Å². The van der Waals surface area contributed by atoms with Crippen molar-refractivity contribution in [2.45, 2.75) is 6.92 Å². The Morgan fingerprint density at radius 1 is 0.821 bits per heavy atom. The third-order valence-corrected chi connectivity index (χ3v) is 4.86. The first-order valence-corrected chi connectivity index (χ1v) is 8.81. The number of pyridine rings is 1. The van der Waals surface area contributed by atoms with E-state index in [2.05, 4.69) is 15.3 Å². The van der Waals surface area contributed by atoms with Gasteiger partial charge in [0.15, 0.2) is 5.69 Å². The topological polar surface area (TPSA) is 77.7 Å². The zero-order valence-corrected chi connectivity index (χ0v) is 15.0. The summed E-state index contributed by atoms with van der Waals surface area (Å²) in [6.45, 7) is 1.94. The SMILES string of the molecule is Cc1cc(-c2ccc(-n3nnc4c3C(=O)c3ccccc3C4=O)cc2)ccn1. The van der Waals surface area contributed by atoms with Gasteiger partial charge in [0, 0.05) is 23.0 Å². The minimum absolute atomic E-state index is 0.0949. The summed E-state index contributed by atoms with van der Waals surface area (Å²) in [7, 11) is 0. The Bertz CT molecular complexity index is 1260. The Kier molecular flexibility index (Phi) is 3.52. The van der Waals surface area contributed by atoms with E-state index < -0.39 is 0 Å². The van der Waals surface area contributed by atoms with Gasteiger partial charge in [-0.2, -0.15) is 0 Å². The minimum Gasteiger partial charge on any atom is -0.287 e. The van der Waals surface area contributed by atoms with E-state index in [-0.39, 0.29) is 23.0 Å². The van der Waals surface area contributed by atoms with Gasteiger partial charge in [0.2, 0.25) is 11.6 Å². The van der Waals surface area contributed by atoms with Crippen LogP contribution in [0.1, 0.15) is 37.8 Å². The summed E-state index contributed by atoms with van der Waals surface area (Å²) in [4.78, 5) is 29.9. The molecule has 0 spiro atoms. The van der Waals surface area contributed by atoms with Crippen molar-refractivity contribution >= 4 is 11.6 Å². The summed E-state index contributed by atoms with van der Waals surface area (Å²) in [5.41, 5.74) is 4.74. The van der Waals surface area contributed by atoms with E-state index in [0.29, 0.717) is 16.8 Å². The van der Waals surface area contributed by atoms with Crippen LogP contribution in [-0.2, 0) is 0 Å². The summed E-state index contributed by atoms with van der Waals surface area (Å²) in [5, 5.41) is 8.07. The van der Waals surface area contributed by atoms with Crippen LogP contribution in [-0.4, -0.2) is 31.5 Å². The van der Waals surface area contributed by atoms with Gasteiger partial charge in [-0.3, -0.25) is 14.6 Å². The molecule has 2 aromatic carbocycles. The van der Waals surface area contributed by atoms with Crippen LogP contribution in [0.4, 0.5) is 0 Å². The molecule has 134 valence electrons. The van der Waals surface area contributed by atoms with Gasteiger partial charge in [-0.15, -0.1) is 5.10 Å². The van der Waals surface area contributed by atoms with Gasteiger partial charge in [-0.25, -0.2) is 4.68 Å². The fourth-order valence-electron chi connectivity index (χ4n) is 3.47. The molecule has 28 heavy (non-hydrogen) atoms. The largest absolute Gasteiger partial charge is 0.287 e. The third-order valence-electron chi connectivity index (χ3n) is 4.86. The quantitative estimate of drug-likeness (QED) is 0.478. The van der Waals surface area contributed by atoms with E-state index >= 15 is 0 Å². The van der Waals surface area contributed by atoms with Gasteiger partial charge in [0.25, 0.3) is 0 Å². The molecule has 1 aliphatic rings. The highest BCUT2D eigenvalue weighted by Gasteiger charge is 2.35. The molecule has 2 aromatic heterocycles. The highest BCUT2D eigenvalue weighted by Crippen LogP contribution is 2.28. The summed E-state index contributed by atoms with van der Waals surface area (Å²) in [6, 6.07) is 18.3. The van der Waals surface area contributed by atoms with E-state index in [1.165, 1.54) is 4.68 Å². The average molecular weight is 366 g/mol. The number of fused-ring (bicyclic) bond motifs is 2. The molecule has 6 heteroatoms. The molecule has 2 heterocycles. The van der Waals surface area contributed by atoms with Gasteiger partial charge in [-0.1, -0.05) is 41.6 Å². The van der Waals surface area contributed by atoms with Crippen molar-refractivity contribution < 1.29 is 9.59 Å². The first-order valence-electron chi connectivity index (χ1n) is 8.81. The molecular formula is C22H14N4O2. The van der Waals surface area contributed by atoms with Crippen LogP contribution >= 0.6 is 0 Å². The first kappa shape index (κ1) is 16.3. The maximum Gasteiger partial charge on any atom is 0.216 e. The number of aromatic nitrogens is 4. The minimum atomic E-state index is -0.277. The Morgan fingerprint density at radius 2 is 1.54 bits per heavy atom. The highest BCUT2D eigenvalue weighted by atomic mass is 16.1. The monoisotopic (exact) mass is 366 g/mol. The predicted octanol–water partition coefficient (Wildman–Crippen LogP) is 3.41. The number of carbonyl (C=O) groups excluding carboxylic acids is 2. The molecule has 0 N–H and O–H groups in total. The molecule has 1 aliphatic carbocycles. The number of hydrogen-bond acceptors (Lipinski definition) is 5. The lowest BCUT2D eigenvalue weighted by molar-refractivity contribution is 0.0972. The Morgan fingerprint density at radius 3 is 2.25 bits per heavy atom. The summed E-state index contributed by atoms with van der Waals surface area (Å²) in [5.74, 6) is -0.524. The number of hydrogen-bond donors (Lipinski definition) is 0. The number of benzene rings is 2. The smallest absolute Gasteiger partial charge is 0.216 e. The summed E-state index contributed by atoms with van der Waals surface area (Å²) in [6.07, 6.45) is 1.77. The highest BCUT2D eigenvalue weighted by molar-refractivity contribution is 6.27. The second-order valence-corrected chi connectivity index (χ2v) is 6.64. The van der Waals surface area contributed by atoms with E-state index in [0.717, 1.165) is 16.8 Å². The summed E-state index contributed by atoms with van der Waals surface area (Å²) < 4.78 is 1.44. The van der Waals surface area contributed by atoms with Crippen LogP contribution in [0.2, 0.25) is 0 Å². The standard InChI is InChI=1S/C22H14N4O2/c1-13-12-15(10-11-23-13)14-6-8-16(9-7-14)26-20-19(24-25-26)21(27)17-4-2-3-5-18(17)22(20)28/h2-12H,1H3. The van der Waals surface area contributed by atoms with Crippen molar-refractivity contribution in [3.63, 3.8) is 0 Å². The molecule has 5 rings (SSSR count). The average Bonchev–Trinajstić information content (AvgIpc) is 3.18. The number of rotatable bonds is 2. The lowest BCUT2D eigenvalue weighted by atomic mass is 9.90. The molecule has 0 fully saturated rings. The lowest BCUT2D eigenvalue weighted by Gasteiger charge is -2.14. The molecule has 0 atom stereocenters. The van der Waals surface area contributed by atoms with Crippen molar-refractivity contribution in [1.29, 1.82) is 0 Å². The van der Waals surface area contributed by atoms with E-state index in [1.807, 2.05) is 43.3 Å². The fraction of sp³-hybridized carbons (Fsp3) is 0.0455. The third kappa shape index (κ3) is 2.39. The first-order chi connectivity index (χ1) is 13.6. The molecule has 0 saturated heterocycles. The van der Waals surface area contributed by atoms with Crippen LogP contribution in [0.15, 0.2) is 66.9 Å². The predicted molar refractivity (Wildman–Crippen MR) is 103 cm³/mol. The Balaban J connectivity index is 1.58. The fourth-order valence-corrected chi connectivity index (χ4v) is 3.47. The van der Waals surface area contributed by atoms with E-state index in [4.69, 9.17) is 0 Å². The molecular weight excluding hydrogens is 352 g/mol. The zero-order chi connectivity index (χ0) is 19.3. The van der Waals surface area contributed by atoms with Crippen LogP contribution in [0.5, 0.6) is 0 Å². The second kappa shape index (κ2) is 6.06. The number of aryl methyl sites for hydroxylation is 1. The number of nitrogens with zero attached hydrogens (tertiary/aromatic N) is 4. The van der Waals surface area contributed by atoms with Crippen LogP contribution in [0.3, 0.4) is 0 Å². The van der Waals surface area contributed by atoms with Gasteiger partial charge in [0.1, 0.15) is 5.69 Å². The molecule has 0 saturated carbocycles. The molecule has 0 bridgehead atoms. The van der Waals surface area contributed by atoms with Crippen molar-refractivity contribution in [3.8, 4) is 16.8 Å². The number of ketones is 2. The lowest BCUT2D eigenvalue weighted by Crippen LogP contribution is -2.22. The molecule has 0 amide bonds. The van der Waals surface area contributed by atoms with Gasteiger partial charge >= 0.3 is 0 Å². The van der Waals surface area contributed by atoms with Gasteiger partial charge in [0.05, 0.1) is 5.69 Å². The zero-order valence-electron chi connectivity index (χ0n) is 15.0. The van der Waals surface area contributed by atoms with Crippen molar-refractivity contribution in [2.75, 3.05) is 0 Å². The Labute approximate surface area is 160 Å². The molecule has 0 unspecified atom stereocenters. The molecule has 4 aromatic rings. The van der Waals surface area contributed by atoms with Crippen LogP contribution < -0.4 is 0 Å². The van der Waals surface area contributed by atoms with Gasteiger partial charge in [-0.05, 0) is 42.3 Å². The van der Waals surface area contributed by atoms with Crippen LogP contribution in [0, 0.1) is 6.92 Å². The van der Waals surface area contributed by atoms with E-state index in [1.54, 1.807) is 30.5 Å². The van der Waals surface area contributed by atoms with E-state index in [9.17, 15) is 9.59 Å². The Hall–Kier alpha value is -3.93. The molecule has 6 nitrogen and oxygen atoms in total. The molecule has 0 aliphatic heterocycles. The summed E-state index contributed by atoms with van der Waals surface area (Å²) >= 11 is 0. The van der Waals surface area contributed by atoms with Crippen LogP contribution in [0.25, 0.3) is 16.8 Å². The second-order valence-electron chi connectivity index (χ2n) is 6.64. The number of carbonyl (C=O) groups is 2. The molecule has 0 radical (unpaired) electrons. The maximum absolute atomic E-state index is 13.0. The van der Waals surface area contributed by atoms with Crippen molar-refractivity contribution in [1.82, 2.24) is 20.0 Å². The van der Waals surface area contributed by atoms with Crippen molar-refractivity contribution in [3.05, 3.63) is 95.1 Å². The normalized spacial score (nSPS) is 12.6.